The highest BCUT2D eigenvalue weighted by Gasteiger charge is 2.28. The Morgan fingerprint density at radius 2 is 2.26 bits per heavy atom. The van der Waals surface area contributed by atoms with Crippen LogP contribution in [-0.2, 0) is 19.1 Å². The smallest absolute Gasteiger partial charge is 0.326 e. The lowest BCUT2D eigenvalue weighted by Gasteiger charge is -2.16. The van der Waals surface area contributed by atoms with Gasteiger partial charge in [0.25, 0.3) is 0 Å². The van der Waals surface area contributed by atoms with Crippen molar-refractivity contribution in [2.24, 2.45) is 0 Å². The average molecular weight is 269 g/mol. The van der Waals surface area contributed by atoms with E-state index >= 15 is 0 Å². The Kier molecular flexibility index (Phi) is 5.84. The second-order valence-electron chi connectivity index (χ2n) is 4.15. The van der Waals surface area contributed by atoms with Crippen molar-refractivity contribution in [3.63, 3.8) is 0 Å². The number of amides is 1. The Morgan fingerprint density at radius 1 is 1.53 bits per heavy atom. The Balaban J connectivity index is 2.48. The van der Waals surface area contributed by atoms with Crippen molar-refractivity contribution < 1.29 is 29.0 Å². The molecule has 1 saturated heterocycles. The minimum atomic E-state index is -1.22. The SMILES string of the molecule is [N-]=[N+]=CC(=O)CC[C@H](NC(=O)[C@H]1CCCO1)C(=O)O. The number of carboxylic acid groups (broad SMARTS) is 1. The number of aliphatic carboxylic acids is 1. The van der Waals surface area contributed by atoms with Crippen LogP contribution in [0.5, 0.6) is 0 Å². The molecule has 1 rings (SSSR count). The van der Waals surface area contributed by atoms with E-state index in [1.54, 1.807) is 0 Å². The summed E-state index contributed by atoms with van der Waals surface area (Å²) in [6.07, 6.45) is 1.21. The highest BCUT2D eigenvalue weighted by molar-refractivity contribution is 6.25. The molecule has 0 bridgehead atoms. The number of carbonyl (C=O) groups excluding carboxylic acids is 2. The third-order valence-electron chi connectivity index (χ3n) is 2.72. The molecule has 0 saturated carbocycles. The molecule has 104 valence electrons. The number of hydrogen-bond acceptors (Lipinski definition) is 4. The number of ether oxygens (including phenoxy) is 1. The molecule has 1 fully saturated rings. The van der Waals surface area contributed by atoms with Gasteiger partial charge < -0.3 is 20.7 Å². The molecule has 0 aromatic heterocycles. The van der Waals surface area contributed by atoms with Crippen LogP contribution in [0.25, 0.3) is 5.53 Å². The molecule has 0 radical (unpaired) electrons. The summed E-state index contributed by atoms with van der Waals surface area (Å²) >= 11 is 0. The molecule has 19 heavy (non-hydrogen) atoms. The molecule has 0 spiro atoms. The van der Waals surface area contributed by atoms with Gasteiger partial charge in [0.1, 0.15) is 12.1 Å². The average Bonchev–Trinajstić information content (AvgIpc) is 2.88. The van der Waals surface area contributed by atoms with Gasteiger partial charge in [0, 0.05) is 13.0 Å². The van der Waals surface area contributed by atoms with E-state index in [0.717, 1.165) is 6.42 Å². The number of rotatable bonds is 7. The fraction of sp³-hybridized carbons (Fsp3) is 0.636. The lowest BCUT2D eigenvalue weighted by atomic mass is 10.1. The van der Waals surface area contributed by atoms with Crippen molar-refractivity contribution in [3.8, 4) is 0 Å². The van der Waals surface area contributed by atoms with Crippen molar-refractivity contribution >= 4 is 23.9 Å². The van der Waals surface area contributed by atoms with E-state index in [2.05, 4.69) is 10.1 Å². The van der Waals surface area contributed by atoms with Gasteiger partial charge in [-0.1, -0.05) is 0 Å². The van der Waals surface area contributed by atoms with E-state index < -0.39 is 29.8 Å². The Labute approximate surface area is 109 Å². The van der Waals surface area contributed by atoms with Gasteiger partial charge in [0.15, 0.2) is 0 Å². The van der Waals surface area contributed by atoms with Crippen LogP contribution in [-0.4, -0.2) is 52.5 Å². The van der Waals surface area contributed by atoms with Crippen LogP contribution >= 0.6 is 0 Å². The predicted molar refractivity (Wildman–Crippen MR) is 62.5 cm³/mol. The maximum Gasteiger partial charge on any atom is 0.326 e. The minimum absolute atomic E-state index is 0.0708. The lowest BCUT2D eigenvalue weighted by molar-refractivity contribution is -0.143. The summed E-state index contributed by atoms with van der Waals surface area (Å²) in [5.41, 5.74) is 8.15. The third-order valence-corrected chi connectivity index (χ3v) is 2.72. The summed E-state index contributed by atoms with van der Waals surface area (Å²) < 4.78 is 5.13. The molecule has 0 unspecified atom stereocenters. The summed E-state index contributed by atoms with van der Waals surface area (Å²) in [4.78, 5) is 36.3. The van der Waals surface area contributed by atoms with Crippen LogP contribution in [0.2, 0.25) is 0 Å². The third kappa shape index (κ3) is 4.99. The maximum absolute atomic E-state index is 11.7. The van der Waals surface area contributed by atoms with Crippen molar-refractivity contribution in [3.05, 3.63) is 5.53 Å². The second-order valence-corrected chi connectivity index (χ2v) is 4.15. The van der Waals surface area contributed by atoms with Crippen molar-refractivity contribution in [2.45, 2.75) is 37.8 Å². The molecule has 8 heteroatoms. The summed E-state index contributed by atoms with van der Waals surface area (Å²) in [6.45, 7) is 0.487. The van der Waals surface area contributed by atoms with Gasteiger partial charge in [-0.3, -0.25) is 9.59 Å². The molecule has 8 nitrogen and oxygen atoms in total. The summed E-state index contributed by atoms with van der Waals surface area (Å²) in [5, 5.41) is 11.3. The van der Waals surface area contributed by atoms with Gasteiger partial charge >= 0.3 is 12.2 Å². The molecular weight excluding hydrogens is 254 g/mol. The zero-order valence-electron chi connectivity index (χ0n) is 10.2. The quantitative estimate of drug-likeness (QED) is 0.361. The molecule has 0 aromatic rings. The topological polar surface area (TPSA) is 129 Å². The Morgan fingerprint density at radius 3 is 2.79 bits per heavy atom. The summed E-state index contributed by atoms with van der Waals surface area (Å²) in [5.74, 6) is -2.21. The zero-order valence-corrected chi connectivity index (χ0v) is 10.2. The van der Waals surface area contributed by atoms with Gasteiger partial charge in [0.2, 0.25) is 11.7 Å². The molecule has 1 amide bonds. The van der Waals surface area contributed by atoms with Gasteiger partial charge in [-0.25, -0.2) is 4.79 Å². The normalized spacial score (nSPS) is 19.3. The molecule has 0 aliphatic carbocycles. The second kappa shape index (κ2) is 7.40. The Bertz CT molecular complexity index is 411. The van der Waals surface area contributed by atoms with Crippen LogP contribution in [0.15, 0.2) is 0 Å². The van der Waals surface area contributed by atoms with Crippen LogP contribution < -0.4 is 5.32 Å². The van der Waals surface area contributed by atoms with Gasteiger partial charge in [-0.05, 0) is 19.3 Å². The molecule has 0 aromatic carbocycles. The van der Waals surface area contributed by atoms with Crippen LogP contribution in [0, 0.1) is 0 Å². The molecule has 2 N–H and O–H groups in total. The minimum Gasteiger partial charge on any atom is -0.480 e. The number of Topliss-reactive ketones (excluding diaryl/α,β-unsaturated/α-hetero) is 1. The summed E-state index contributed by atoms with van der Waals surface area (Å²) in [7, 11) is 0. The lowest BCUT2D eigenvalue weighted by Crippen LogP contribution is -2.45. The molecule has 1 aliphatic rings. The maximum atomic E-state index is 11.7. The Hall–Kier alpha value is -2.05. The van der Waals surface area contributed by atoms with Crippen LogP contribution in [0.3, 0.4) is 0 Å². The van der Waals surface area contributed by atoms with Gasteiger partial charge in [0.05, 0.1) is 0 Å². The van der Waals surface area contributed by atoms with Crippen molar-refractivity contribution in [1.29, 1.82) is 0 Å². The van der Waals surface area contributed by atoms with E-state index in [1.807, 2.05) is 0 Å². The standard InChI is InChI=1S/C11H15N3O5/c12-13-6-7(15)3-4-8(11(17)18)14-10(16)9-2-1-5-19-9/h6,8-9H,1-5H2,(H,14,16)(H,17,18)/t8-,9+/m0/s1. The first-order valence-corrected chi connectivity index (χ1v) is 5.89. The summed E-state index contributed by atoms with van der Waals surface area (Å²) in [6, 6.07) is -1.16. The highest BCUT2D eigenvalue weighted by atomic mass is 16.5. The number of carboxylic acids is 1. The number of nitrogens with one attached hydrogen (secondary N) is 1. The number of carbonyl (C=O) groups is 3. The zero-order chi connectivity index (χ0) is 14.3. The van der Waals surface area contributed by atoms with Gasteiger partial charge in [-0.2, -0.15) is 4.79 Å². The fourth-order valence-corrected chi connectivity index (χ4v) is 1.72. The number of nitrogens with zero attached hydrogens (tertiary/aromatic N) is 2. The molecular formula is C11H15N3O5. The first-order chi connectivity index (χ1) is 9.04. The molecule has 1 aliphatic heterocycles. The van der Waals surface area contributed by atoms with E-state index in [9.17, 15) is 14.4 Å². The van der Waals surface area contributed by atoms with Crippen LogP contribution in [0.1, 0.15) is 25.7 Å². The van der Waals surface area contributed by atoms with E-state index in [1.165, 1.54) is 0 Å². The fourth-order valence-electron chi connectivity index (χ4n) is 1.72. The van der Waals surface area contributed by atoms with Crippen molar-refractivity contribution in [1.82, 2.24) is 5.32 Å². The highest BCUT2D eigenvalue weighted by Crippen LogP contribution is 2.12. The predicted octanol–water partition coefficient (Wildman–Crippen LogP) is -0.615. The first kappa shape index (κ1) is 15.0. The monoisotopic (exact) mass is 269 g/mol. The number of ketones is 1. The first-order valence-electron chi connectivity index (χ1n) is 5.89. The van der Waals surface area contributed by atoms with E-state index in [4.69, 9.17) is 15.4 Å². The molecule has 2 atom stereocenters. The van der Waals surface area contributed by atoms with Gasteiger partial charge in [-0.15, -0.1) is 0 Å². The van der Waals surface area contributed by atoms with E-state index in [0.29, 0.717) is 19.2 Å². The largest absolute Gasteiger partial charge is 0.480 e. The number of hydrogen-bond donors (Lipinski definition) is 2. The van der Waals surface area contributed by atoms with E-state index in [-0.39, 0.29) is 12.8 Å². The van der Waals surface area contributed by atoms with Crippen LogP contribution in [0.4, 0.5) is 0 Å². The molecule has 1 heterocycles. The van der Waals surface area contributed by atoms with Crippen molar-refractivity contribution in [2.75, 3.05) is 6.61 Å².